The average Bonchev–Trinajstić information content (AvgIpc) is 2.85. The first-order valence-electron chi connectivity index (χ1n) is 12.5. The Morgan fingerprint density at radius 3 is 2.09 bits per heavy atom. The molecule has 0 spiro atoms. The zero-order valence-corrected chi connectivity index (χ0v) is 22.2. The molecular weight excluding hydrogens is 452 g/mol. The summed E-state index contributed by atoms with van der Waals surface area (Å²) in [6.07, 6.45) is 0.985. The van der Waals surface area contributed by atoms with E-state index in [1.807, 2.05) is 30.3 Å². The lowest BCUT2D eigenvalue weighted by Crippen LogP contribution is -2.69. The Balaban J connectivity index is 1.79. The molecule has 1 N–H and O–H groups in total. The summed E-state index contributed by atoms with van der Waals surface area (Å²) in [6, 6.07) is 27.1. The van der Waals surface area contributed by atoms with Crippen LogP contribution in [0.3, 0.4) is 0 Å². The third-order valence-corrected chi connectivity index (χ3v) is 12.0. The minimum atomic E-state index is -2.78. The maximum absolute atomic E-state index is 12.1. The number of aliphatic hydroxyl groups is 1. The molecule has 0 aliphatic heterocycles. The molecule has 35 heavy (non-hydrogen) atoms. The van der Waals surface area contributed by atoms with Gasteiger partial charge in [0.05, 0.1) is 19.1 Å². The normalized spacial score (nSPS) is 18.0. The van der Waals surface area contributed by atoms with Crippen LogP contribution in [0.25, 0.3) is 0 Å². The third-order valence-electron chi connectivity index (χ3n) is 7.11. The van der Waals surface area contributed by atoms with E-state index in [9.17, 15) is 9.90 Å². The van der Waals surface area contributed by atoms with E-state index < -0.39 is 14.4 Å². The number of ether oxygens (including phenoxy) is 1. The van der Waals surface area contributed by atoms with Gasteiger partial charge < -0.3 is 14.3 Å². The van der Waals surface area contributed by atoms with Gasteiger partial charge in [-0.2, -0.15) is 0 Å². The fourth-order valence-electron chi connectivity index (χ4n) is 5.43. The van der Waals surface area contributed by atoms with Crippen LogP contribution in [0.15, 0.2) is 78.9 Å². The number of esters is 1. The molecule has 2 unspecified atom stereocenters. The Morgan fingerprint density at radius 2 is 1.54 bits per heavy atom. The van der Waals surface area contributed by atoms with Crippen molar-refractivity contribution in [2.24, 2.45) is 5.92 Å². The molecular formula is C30H36O4Si. The molecule has 0 heterocycles. The van der Waals surface area contributed by atoms with Crippen LogP contribution in [0, 0.1) is 5.92 Å². The maximum atomic E-state index is 12.1. The molecule has 0 saturated heterocycles. The van der Waals surface area contributed by atoms with Gasteiger partial charge in [-0.15, -0.1) is 0 Å². The molecule has 2 atom stereocenters. The van der Waals surface area contributed by atoms with E-state index in [2.05, 4.69) is 69.3 Å². The van der Waals surface area contributed by atoms with Gasteiger partial charge >= 0.3 is 14.3 Å². The van der Waals surface area contributed by atoms with Crippen LogP contribution < -0.4 is 14.8 Å². The van der Waals surface area contributed by atoms with Crippen molar-refractivity contribution < 1.29 is 19.1 Å². The lowest BCUT2D eigenvalue weighted by molar-refractivity contribution is -0.145. The first-order valence-corrected chi connectivity index (χ1v) is 14.4. The number of benzene rings is 3. The van der Waals surface area contributed by atoms with Crippen molar-refractivity contribution >= 4 is 24.7 Å². The highest BCUT2D eigenvalue weighted by molar-refractivity contribution is 7.00. The topological polar surface area (TPSA) is 55.8 Å². The highest BCUT2D eigenvalue weighted by atomic mass is 28.4. The number of fused-ring (bicyclic) bond motifs is 1. The van der Waals surface area contributed by atoms with Gasteiger partial charge in [-0.05, 0) is 58.3 Å². The molecule has 0 amide bonds. The molecule has 4 rings (SSSR count). The molecule has 1 aliphatic carbocycles. The fraction of sp³-hybridized carbons (Fsp3) is 0.367. The largest absolute Gasteiger partial charge is 0.534 e. The highest BCUT2D eigenvalue weighted by Gasteiger charge is 2.52. The fourth-order valence-corrected chi connectivity index (χ4v) is 9.88. The van der Waals surface area contributed by atoms with Crippen LogP contribution in [0.4, 0.5) is 0 Å². The molecule has 0 radical (unpaired) electrons. The maximum Gasteiger partial charge on any atom is 0.319 e. The quantitative estimate of drug-likeness (QED) is 0.368. The second-order valence-corrected chi connectivity index (χ2v) is 14.6. The van der Waals surface area contributed by atoms with Gasteiger partial charge in [0.1, 0.15) is 5.75 Å². The van der Waals surface area contributed by atoms with Gasteiger partial charge in [0, 0.05) is 0 Å². The predicted octanol–water partition coefficient (Wildman–Crippen LogP) is 5.17. The molecule has 0 fully saturated rings. The smallest absolute Gasteiger partial charge is 0.319 e. The highest BCUT2D eigenvalue weighted by Crippen LogP contribution is 2.43. The standard InChI is InChI=1S/C30H36O4Si/c1-5-33-28(31)21-22-19-20-25-26(29(22)32)17-12-18-27(25)34-35(30(2,3)4,23-13-8-6-9-14-23)24-15-10-7-11-16-24/h6-18,22,29,32H,5,19-21H2,1-4H3. The molecule has 3 aromatic carbocycles. The summed E-state index contributed by atoms with van der Waals surface area (Å²) in [5.74, 6) is 0.440. The predicted molar refractivity (Wildman–Crippen MR) is 143 cm³/mol. The lowest BCUT2D eigenvalue weighted by atomic mass is 9.79. The summed E-state index contributed by atoms with van der Waals surface area (Å²) in [7, 11) is -2.78. The minimum absolute atomic E-state index is 0.148. The number of aliphatic hydroxyl groups excluding tert-OH is 1. The van der Waals surface area contributed by atoms with Gasteiger partial charge in [0.2, 0.25) is 0 Å². The van der Waals surface area contributed by atoms with Crippen molar-refractivity contribution in [1.82, 2.24) is 0 Å². The second-order valence-electron chi connectivity index (χ2n) is 10.3. The van der Waals surface area contributed by atoms with Crippen molar-refractivity contribution in [3.63, 3.8) is 0 Å². The Labute approximate surface area is 210 Å². The Morgan fingerprint density at radius 1 is 0.943 bits per heavy atom. The van der Waals surface area contributed by atoms with E-state index in [1.165, 1.54) is 10.4 Å². The molecule has 5 heteroatoms. The Hall–Kier alpha value is -2.89. The van der Waals surface area contributed by atoms with E-state index in [0.717, 1.165) is 23.3 Å². The van der Waals surface area contributed by atoms with E-state index >= 15 is 0 Å². The second kappa shape index (κ2) is 10.4. The van der Waals surface area contributed by atoms with E-state index in [0.29, 0.717) is 13.0 Å². The van der Waals surface area contributed by atoms with Gasteiger partial charge in [-0.3, -0.25) is 4.79 Å². The van der Waals surface area contributed by atoms with Crippen LogP contribution >= 0.6 is 0 Å². The first kappa shape index (κ1) is 25.2. The summed E-state index contributed by atoms with van der Waals surface area (Å²) in [5, 5.41) is 13.5. The van der Waals surface area contributed by atoms with E-state index in [4.69, 9.17) is 9.16 Å². The number of hydrogen-bond acceptors (Lipinski definition) is 4. The minimum Gasteiger partial charge on any atom is -0.534 e. The average molecular weight is 489 g/mol. The molecule has 3 aromatic rings. The van der Waals surface area contributed by atoms with Gasteiger partial charge in [-0.1, -0.05) is 93.6 Å². The third kappa shape index (κ3) is 4.93. The molecule has 4 nitrogen and oxygen atoms in total. The Bertz CT molecular complexity index is 1100. The molecule has 1 aliphatic rings. The van der Waals surface area contributed by atoms with Crippen molar-refractivity contribution in [1.29, 1.82) is 0 Å². The molecule has 0 aromatic heterocycles. The summed E-state index contributed by atoms with van der Waals surface area (Å²) in [5.41, 5.74) is 1.91. The molecule has 0 saturated carbocycles. The summed E-state index contributed by atoms with van der Waals surface area (Å²) < 4.78 is 12.4. The van der Waals surface area contributed by atoms with Crippen molar-refractivity contribution in [2.75, 3.05) is 6.61 Å². The number of carbonyl (C=O) groups excluding carboxylic acids is 1. The van der Waals surface area contributed by atoms with E-state index in [-0.39, 0.29) is 23.3 Å². The first-order chi connectivity index (χ1) is 16.8. The zero-order chi connectivity index (χ0) is 25.1. The number of hydrogen-bond donors (Lipinski definition) is 1. The summed E-state index contributed by atoms with van der Waals surface area (Å²) in [4.78, 5) is 12.1. The van der Waals surface area contributed by atoms with Crippen LogP contribution in [0.5, 0.6) is 5.75 Å². The summed E-state index contributed by atoms with van der Waals surface area (Å²) >= 11 is 0. The summed E-state index contributed by atoms with van der Waals surface area (Å²) in [6.45, 7) is 8.95. The van der Waals surface area contributed by atoms with E-state index in [1.54, 1.807) is 6.92 Å². The zero-order valence-electron chi connectivity index (χ0n) is 21.2. The van der Waals surface area contributed by atoms with Crippen LogP contribution in [0.2, 0.25) is 5.04 Å². The number of carbonyl (C=O) groups is 1. The van der Waals surface area contributed by atoms with Crippen LogP contribution in [-0.4, -0.2) is 26.0 Å². The van der Waals surface area contributed by atoms with Crippen molar-refractivity contribution in [3.05, 3.63) is 90.0 Å². The molecule has 184 valence electrons. The van der Waals surface area contributed by atoms with Gasteiger partial charge in [-0.25, -0.2) is 0 Å². The van der Waals surface area contributed by atoms with Crippen LogP contribution in [0.1, 0.15) is 57.8 Å². The lowest BCUT2D eigenvalue weighted by Gasteiger charge is -2.44. The SMILES string of the molecule is CCOC(=O)CC1CCc2c(O[Si](c3ccccc3)(c3ccccc3)C(C)(C)C)cccc2C1O. The van der Waals surface area contributed by atoms with Crippen molar-refractivity contribution in [3.8, 4) is 5.75 Å². The Kier molecular flexibility index (Phi) is 7.48. The molecule has 0 bridgehead atoms. The number of rotatable bonds is 7. The van der Waals surface area contributed by atoms with Gasteiger partial charge in [0.15, 0.2) is 0 Å². The van der Waals surface area contributed by atoms with Gasteiger partial charge in [0.25, 0.3) is 0 Å². The monoisotopic (exact) mass is 488 g/mol. The van der Waals surface area contributed by atoms with Crippen LogP contribution in [-0.2, 0) is 16.0 Å². The van der Waals surface area contributed by atoms with Crippen molar-refractivity contribution in [2.45, 2.75) is 58.1 Å².